The van der Waals surface area contributed by atoms with Crippen molar-refractivity contribution in [2.45, 2.75) is 81.3 Å². The zero-order chi connectivity index (χ0) is 28.0. The van der Waals surface area contributed by atoms with Gasteiger partial charge in [0.15, 0.2) is 9.84 Å². The van der Waals surface area contributed by atoms with Crippen LogP contribution in [0, 0.1) is 0 Å². The normalized spacial score (nSPS) is 23.1. The first-order valence-electron chi connectivity index (χ1n) is 13.1. The molecule has 0 bridgehead atoms. The van der Waals surface area contributed by atoms with Gasteiger partial charge in [-0.2, -0.15) is 0 Å². The fourth-order valence-electron chi connectivity index (χ4n) is 5.73. The summed E-state index contributed by atoms with van der Waals surface area (Å²) in [5.41, 5.74) is 7.02. The van der Waals surface area contributed by atoms with Crippen molar-refractivity contribution in [1.82, 2.24) is 15.0 Å². The van der Waals surface area contributed by atoms with Crippen molar-refractivity contribution in [2.24, 2.45) is 5.73 Å². The minimum Gasteiger partial charge on any atom is -0.474 e. The quantitative estimate of drug-likeness (QED) is 0.432. The highest BCUT2D eigenvalue weighted by Crippen LogP contribution is 2.59. The lowest BCUT2D eigenvalue weighted by molar-refractivity contribution is -0.0285. The maximum atomic E-state index is 12.6. The van der Waals surface area contributed by atoms with Crippen molar-refractivity contribution in [1.29, 1.82) is 0 Å². The standard InChI is InChI=1S/C28H33N5O5S/c1-26(2,29)20-14-31-24(37-15-10-16(11-15)39(5,35)36)19-13-30-22(12-18(19)20)32-21-7-6-17-23(33-21)28(8-9-28)27(3,4)38-25(17)34/h6-7,12-16H,8-11,29H2,1-5H3,(H,30,32,33)/t15-,16+. The Balaban J connectivity index is 1.33. The minimum absolute atomic E-state index is 0.222. The predicted octanol–water partition coefficient (Wildman–Crippen LogP) is 3.90. The number of anilines is 2. The molecule has 1 aliphatic heterocycles. The van der Waals surface area contributed by atoms with Crippen molar-refractivity contribution in [2.75, 3.05) is 11.6 Å². The Bertz CT molecular complexity index is 1620. The molecule has 4 heterocycles. The first-order chi connectivity index (χ1) is 18.2. The van der Waals surface area contributed by atoms with Crippen molar-refractivity contribution in [3.8, 4) is 5.88 Å². The zero-order valence-electron chi connectivity index (χ0n) is 22.7. The smallest absolute Gasteiger partial charge is 0.340 e. The summed E-state index contributed by atoms with van der Waals surface area (Å²) < 4.78 is 35.4. The van der Waals surface area contributed by atoms with Crippen LogP contribution in [0.1, 0.15) is 75.0 Å². The van der Waals surface area contributed by atoms with E-state index in [1.807, 2.05) is 33.8 Å². The van der Waals surface area contributed by atoms with Crippen LogP contribution >= 0.6 is 0 Å². The number of cyclic esters (lactones) is 1. The van der Waals surface area contributed by atoms with Crippen LogP contribution in [-0.2, 0) is 25.5 Å². The topological polar surface area (TPSA) is 146 Å². The molecule has 11 heteroatoms. The molecule has 39 heavy (non-hydrogen) atoms. The molecular formula is C28H33N5O5S. The molecule has 0 unspecified atom stereocenters. The van der Waals surface area contributed by atoms with Crippen LogP contribution in [0.5, 0.6) is 5.88 Å². The molecule has 3 aromatic rings. The Morgan fingerprint density at radius 2 is 1.82 bits per heavy atom. The first kappa shape index (κ1) is 25.9. The number of carbonyl (C=O) groups is 1. The molecule has 6 rings (SSSR count). The Morgan fingerprint density at radius 3 is 2.46 bits per heavy atom. The summed E-state index contributed by atoms with van der Waals surface area (Å²) in [5.74, 6) is 1.19. The summed E-state index contributed by atoms with van der Waals surface area (Å²) in [7, 11) is -3.08. The number of pyridine rings is 3. The molecule has 3 aliphatic rings. The molecule has 0 saturated heterocycles. The van der Waals surface area contributed by atoms with Gasteiger partial charge in [0.2, 0.25) is 5.88 Å². The lowest BCUT2D eigenvalue weighted by Gasteiger charge is -2.39. The summed E-state index contributed by atoms with van der Waals surface area (Å²) in [5, 5.41) is 4.43. The molecule has 10 nitrogen and oxygen atoms in total. The van der Waals surface area contributed by atoms with E-state index < -0.39 is 21.0 Å². The third-order valence-electron chi connectivity index (χ3n) is 8.44. The van der Waals surface area contributed by atoms with Crippen molar-refractivity contribution >= 4 is 38.2 Å². The fourth-order valence-corrected chi connectivity index (χ4v) is 6.86. The molecule has 206 valence electrons. The Kier molecular flexibility index (Phi) is 5.55. The second-order valence-electron chi connectivity index (χ2n) is 12.2. The zero-order valence-corrected chi connectivity index (χ0v) is 23.6. The lowest BCUT2D eigenvalue weighted by atomic mass is 9.80. The van der Waals surface area contributed by atoms with Crippen LogP contribution in [0.2, 0.25) is 0 Å². The van der Waals surface area contributed by atoms with Gasteiger partial charge in [-0.1, -0.05) is 0 Å². The third kappa shape index (κ3) is 4.31. The van der Waals surface area contributed by atoms with E-state index in [1.165, 1.54) is 6.26 Å². The van der Waals surface area contributed by atoms with Crippen LogP contribution in [0.15, 0.2) is 30.6 Å². The Labute approximate surface area is 227 Å². The van der Waals surface area contributed by atoms with Gasteiger partial charge < -0.3 is 20.5 Å². The molecule has 1 spiro atoms. The molecule has 2 aliphatic carbocycles. The average Bonchev–Trinajstić information content (AvgIpc) is 3.60. The van der Waals surface area contributed by atoms with E-state index in [4.69, 9.17) is 20.2 Å². The Morgan fingerprint density at radius 1 is 1.10 bits per heavy atom. The maximum absolute atomic E-state index is 12.6. The number of rotatable bonds is 6. The monoisotopic (exact) mass is 551 g/mol. The molecule has 2 fully saturated rings. The number of hydrogen-bond acceptors (Lipinski definition) is 10. The number of nitrogens with one attached hydrogen (secondary N) is 1. The number of aromatic nitrogens is 3. The molecular weight excluding hydrogens is 518 g/mol. The number of nitrogens with two attached hydrogens (primary N) is 1. The van der Waals surface area contributed by atoms with Gasteiger partial charge in [0, 0.05) is 37.0 Å². The molecule has 0 atom stereocenters. The highest BCUT2D eigenvalue weighted by molar-refractivity contribution is 7.91. The van der Waals surface area contributed by atoms with Gasteiger partial charge in [-0.25, -0.2) is 28.2 Å². The van der Waals surface area contributed by atoms with E-state index in [1.54, 1.807) is 24.5 Å². The number of sulfone groups is 1. The van der Waals surface area contributed by atoms with E-state index in [0.29, 0.717) is 41.3 Å². The van der Waals surface area contributed by atoms with E-state index >= 15 is 0 Å². The van der Waals surface area contributed by atoms with Gasteiger partial charge in [0.05, 0.1) is 27.3 Å². The van der Waals surface area contributed by atoms with E-state index in [9.17, 15) is 13.2 Å². The average molecular weight is 552 g/mol. The number of nitrogens with zero attached hydrogens (tertiary/aromatic N) is 3. The van der Waals surface area contributed by atoms with E-state index in [-0.39, 0.29) is 22.7 Å². The number of carbonyl (C=O) groups excluding carboxylic acids is 1. The number of hydrogen-bond donors (Lipinski definition) is 2. The van der Waals surface area contributed by atoms with E-state index in [0.717, 1.165) is 29.5 Å². The number of esters is 1. The summed E-state index contributed by atoms with van der Waals surface area (Å²) >= 11 is 0. The molecule has 3 aromatic heterocycles. The summed E-state index contributed by atoms with van der Waals surface area (Å²) in [6, 6.07) is 5.40. The van der Waals surface area contributed by atoms with Crippen LogP contribution in [0.3, 0.4) is 0 Å². The second-order valence-corrected chi connectivity index (χ2v) is 14.5. The van der Waals surface area contributed by atoms with Crippen LogP contribution in [0.25, 0.3) is 10.8 Å². The molecule has 0 radical (unpaired) electrons. The van der Waals surface area contributed by atoms with Gasteiger partial charge in [0.25, 0.3) is 0 Å². The molecule has 0 amide bonds. The summed E-state index contributed by atoms with van der Waals surface area (Å²) in [4.78, 5) is 26.6. The minimum atomic E-state index is -3.08. The van der Waals surface area contributed by atoms with Crippen molar-refractivity contribution < 1.29 is 22.7 Å². The second kappa shape index (κ2) is 8.34. The van der Waals surface area contributed by atoms with Gasteiger partial charge in [-0.05, 0) is 69.7 Å². The van der Waals surface area contributed by atoms with Gasteiger partial charge in [0.1, 0.15) is 23.3 Å². The van der Waals surface area contributed by atoms with Gasteiger partial charge in [-0.15, -0.1) is 0 Å². The lowest BCUT2D eigenvalue weighted by Crippen LogP contribution is -2.46. The Hall–Kier alpha value is -3.31. The SMILES string of the molecule is CC(C)(N)c1cnc(O[C@H]2C[C@@H](S(C)(=O)=O)C2)c2cnc(Nc3ccc4c(n3)C3(CC3)C(C)(C)OC4=O)cc12. The van der Waals surface area contributed by atoms with Crippen molar-refractivity contribution in [3.63, 3.8) is 0 Å². The molecule has 3 N–H and O–H groups in total. The number of ether oxygens (including phenoxy) is 2. The van der Waals surface area contributed by atoms with Crippen LogP contribution in [0.4, 0.5) is 11.6 Å². The van der Waals surface area contributed by atoms with Crippen LogP contribution in [-0.4, -0.2) is 52.5 Å². The maximum Gasteiger partial charge on any atom is 0.340 e. The fraction of sp³-hybridized carbons (Fsp3) is 0.500. The first-order valence-corrected chi connectivity index (χ1v) is 15.1. The summed E-state index contributed by atoms with van der Waals surface area (Å²) in [6.07, 6.45) is 7.14. The van der Waals surface area contributed by atoms with Crippen molar-refractivity contribution in [3.05, 3.63) is 47.4 Å². The molecule has 0 aromatic carbocycles. The third-order valence-corrected chi connectivity index (χ3v) is 10.0. The van der Waals surface area contributed by atoms with Crippen LogP contribution < -0.4 is 15.8 Å². The number of fused-ring (bicyclic) bond motifs is 3. The highest BCUT2D eigenvalue weighted by atomic mass is 32.2. The van der Waals surface area contributed by atoms with Gasteiger partial charge in [-0.3, -0.25) is 0 Å². The highest BCUT2D eigenvalue weighted by Gasteiger charge is 2.63. The van der Waals surface area contributed by atoms with Gasteiger partial charge >= 0.3 is 5.97 Å². The molecule has 2 saturated carbocycles. The largest absolute Gasteiger partial charge is 0.474 e. The van der Waals surface area contributed by atoms with E-state index in [2.05, 4.69) is 15.3 Å². The predicted molar refractivity (Wildman–Crippen MR) is 147 cm³/mol. The summed E-state index contributed by atoms with van der Waals surface area (Å²) in [6.45, 7) is 7.70.